The van der Waals surface area contributed by atoms with E-state index >= 15 is 0 Å². The van der Waals surface area contributed by atoms with Crippen molar-refractivity contribution in [2.75, 3.05) is 18.1 Å². The summed E-state index contributed by atoms with van der Waals surface area (Å²) >= 11 is 8.07. The SMILES string of the molecule is CCN(C(=O)c1cc(Br)c(Br)s1)[C@@H]1CCS(=O)(=O)C1. The third kappa shape index (κ3) is 3.40. The smallest absolute Gasteiger partial charge is 0.264 e. The second-order valence-electron chi connectivity index (χ2n) is 4.38. The van der Waals surface area contributed by atoms with Crippen molar-refractivity contribution in [3.8, 4) is 0 Å². The van der Waals surface area contributed by atoms with Gasteiger partial charge in [-0.25, -0.2) is 8.42 Å². The van der Waals surface area contributed by atoms with Gasteiger partial charge >= 0.3 is 0 Å². The second-order valence-corrected chi connectivity index (χ2v) is 9.83. The van der Waals surface area contributed by atoms with Gasteiger partial charge in [-0.1, -0.05) is 0 Å². The van der Waals surface area contributed by atoms with E-state index in [1.165, 1.54) is 11.3 Å². The molecule has 2 rings (SSSR count). The first-order valence-electron chi connectivity index (χ1n) is 5.80. The van der Waals surface area contributed by atoms with Crippen molar-refractivity contribution in [2.45, 2.75) is 19.4 Å². The molecule has 1 aromatic rings. The monoisotopic (exact) mass is 429 g/mol. The minimum Gasteiger partial charge on any atom is -0.334 e. The van der Waals surface area contributed by atoms with Crippen LogP contribution in [0.2, 0.25) is 0 Å². The summed E-state index contributed by atoms with van der Waals surface area (Å²) < 4.78 is 24.8. The maximum atomic E-state index is 12.4. The van der Waals surface area contributed by atoms with Crippen LogP contribution in [0.1, 0.15) is 23.0 Å². The van der Waals surface area contributed by atoms with Gasteiger partial charge in [0.05, 0.1) is 20.2 Å². The third-order valence-electron chi connectivity index (χ3n) is 3.11. The van der Waals surface area contributed by atoms with Gasteiger partial charge in [-0.3, -0.25) is 4.79 Å². The van der Waals surface area contributed by atoms with E-state index in [0.29, 0.717) is 17.8 Å². The Kier molecular flexibility index (Phi) is 4.75. The summed E-state index contributed by atoms with van der Waals surface area (Å²) in [7, 11) is -2.98. The Morgan fingerprint density at radius 2 is 2.21 bits per heavy atom. The summed E-state index contributed by atoms with van der Waals surface area (Å²) in [6.45, 7) is 2.40. The molecule has 1 saturated heterocycles. The van der Waals surface area contributed by atoms with Crippen molar-refractivity contribution in [1.29, 1.82) is 0 Å². The van der Waals surface area contributed by atoms with Crippen molar-refractivity contribution >= 4 is 58.9 Å². The summed E-state index contributed by atoms with van der Waals surface area (Å²) in [5.41, 5.74) is 0. The van der Waals surface area contributed by atoms with Gasteiger partial charge in [-0.2, -0.15) is 0 Å². The van der Waals surface area contributed by atoms with Crippen LogP contribution in [0.4, 0.5) is 0 Å². The molecule has 0 bridgehead atoms. The number of rotatable bonds is 3. The van der Waals surface area contributed by atoms with Crippen LogP contribution in [-0.2, 0) is 9.84 Å². The molecule has 1 atom stereocenters. The number of hydrogen-bond donors (Lipinski definition) is 0. The highest BCUT2D eigenvalue weighted by Gasteiger charge is 2.34. The van der Waals surface area contributed by atoms with Gasteiger partial charge in [0.15, 0.2) is 9.84 Å². The molecule has 1 amide bonds. The van der Waals surface area contributed by atoms with Crippen molar-refractivity contribution in [3.63, 3.8) is 0 Å². The molecule has 0 aliphatic carbocycles. The number of thiophene rings is 1. The number of carbonyl (C=O) groups excluding carboxylic acids is 1. The molecule has 2 heterocycles. The van der Waals surface area contributed by atoms with Crippen LogP contribution in [0.3, 0.4) is 0 Å². The maximum absolute atomic E-state index is 12.4. The number of sulfone groups is 1. The molecule has 1 aromatic heterocycles. The predicted molar refractivity (Wildman–Crippen MR) is 83.5 cm³/mol. The molecule has 0 radical (unpaired) electrons. The van der Waals surface area contributed by atoms with Crippen LogP contribution in [0, 0.1) is 0 Å². The van der Waals surface area contributed by atoms with Gasteiger partial charge in [0.2, 0.25) is 0 Å². The molecular formula is C11H13Br2NO3S2. The number of carbonyl (C=O) groups is 1. The molecule has 0 saturated carbocycles. The van der Waals surface area contributed by atoms with Crippen molar-refractivity contribution < 1.29 is 13.2 Å². The fourth-order valence-corrected chi connectivity index (χ4v) is 5.90. The number of nitrogens with zero attached hydrogens (tertiary/aromatic N) is 1. The molecule has 0 N–H and O–H groups in total. The zero-order valence-corrected chi connectivity index (χ0v) is 15.0. The minimum absolute atomic E-state index is 0.0836. The zero-order valence-electron chi connectivity index (χ0n) is 10.2. The van der Waals surface area contributed by atoms with E-state index in [9.17, 15) is 13.2 Å². The van der Waals surface area contributed by atoms with Gasteiger partial charge < -0.3 is 4.90 Å². The van der Waals surface area contributed by atoms with Gasteiger partial charge in [-0.15, -0.1) is 11.3 Å². The Morgan fingerprint density at radius 1 is 1.53 bits per heavy atom. The van der Waals surface area contributed by atoms with E-state index in [4.69, 9.17) is 0 Å². The molecule has 1 aliphatic rings. The van der Waals surface area contributed by atoms with Crippen LogP contribution in [-0.4, -0.2) is 43.3 Å². The summed E-state index contributed by atoms with van der Waals surface area (Å²) in [4.78, 5) is 14.7. The standard InChI is InChI=1S/C11H13Br2NO3S2/c1-2-14(7-3-4-19(16,17)6-7)11(15)9-5-8(12)10(13)18-9/h5,7H,2-4,6H2,1H3/t7-/m1/s1. The van der Waals surface area contributed by atoms with E-state index in [2.05, 4.69) is 31.9 Å². The van der Waals surface area contributed by atoms with E-state index in [1.807, 2.05) is 6.92 Å². The Labute approximate surface area is 133 Å². The van der Waals surface area contributed by atoms with E-state index in [0.717, 1.165) is 8.26 Å². The third-order valence-corrected chi connectivity index (χ3v) is 8.10. The Hall–Kier alpha value is 0.0800. The minimum atomic E-state index is -2.98. The van der Waals surface area contributed by atoms with Gasteiger partial charge in [0, 0.05) is 17.1 Å². The highest BCUT2D eigenvalue weighted by molar-refractivity contribution is 9.13. The topological polar surface area (TPSA) is 54.5 Å². The first-order valence-corrected chi connectivity index (χ1v) is 10.0. The number of halogens is 2. The fourth-order valence-electron chi connectivity index (χ4n) is 2.18. The lowest BCUT2D eigenvalue weighted by atomic mass is 10.2. The van der Waals surface area contributed by atoms with Crippen molar-refractivity contribution in [3.05, 3.63) is 19.2 Å². The molecule has 0 unspecified atom stereocenters. The quantitative estimate of drug-likeness (QED) is 0.740. The predicted octanol–water partition coefficient (Wildman–Crippen LogP) is 2.92. The molecule has 8 heteroatoms. The summed E-state index contributed by atoms with van der Waals surface area (Å²) in [6.07, 6.45) is 0.537. The lowest BCUT2D eigenvalue weighted by molar-refractivity contribution is 0.0713. The van der Waals surface area contributed by atoms with E-state index in [1.54, 1.807) is 11.0 Å². The molecule has 4 nitrogen and oxygen atoms in total. The summed E-state index contributed by atoms with van der Waals surface area (Å²) in [6, 6.07) is 1.57. The normalized spacial score (nSPS) is 21.5. The lowest BCUT2D eigenvalue weighted by Gasteiger charge is -2.26. The van der Waals surface area contributed by atoms with E-state index < -0.39 is 9.84 Å². The summed E-state index contributed by atoms with van der Waals surface area (Å²) in [5.74, 6) is 0.167. The summed E-state index contributed by atoms with van der Waals surface area (Å²) in [5, 5.41) is 0. The average molecular weight is 431 g/mol. The molecule has 0 aromatic carbocycles. The largest absolute Gasteiger partial charge is 0.334 e. The van der Waals surface area contributed by atoms with E-state index in [-0.39, 0.29) is 23.5 Å². The molecule has 106 valence electrons. The van der Waals surface area contributed by atoms with Crippen LogP contribution in [0.15, 0.2) is 14.3 Å². The fraction of sp³-hybridized carbons (Fsp3) is 0.545. The Balaban J connectivity index is 2.20. The molecule has 1 fully saturated rings. The van der Waals surface area contributed by atoms with Crippen LogP contribution in [0.25, 0.3) is 0 Å². The molecule has 1 aliphatic heterocycles. The average Bonchev–Trinajstić information content (AvgIpc) is 2.84. The molecule has 0 spiro atoms. The zero-order chi connectivity index (χ0) is 14.2. The highest BCUT2D eigenvalue weighted by Crippen LogP contribution is 2.33. The van der Waals surface area contributed by atoms with Gasteiger partial charge in [0.25, 0.3) is 5.91 Å². The lowest BCUT2D eigenvalue weighted by Crippen LogP contribution is -2.40. The maximum Gasteiger partial charge on any atom is 0.264 e. The van der Waals surface area contributed by atoms with Crippen molar-refractivity contribution in [2.24, 2.45) is 0 Å². The Bertz CT molecular complexity index is 578. The molecular weight excluding hydrogens is 418 g/mol. The highest BCUT2D eigenvalue weighted by atomic mass is 79.9. The first kappa shape index (κ1) is 15.5. The van der Waals surface area contributed by atoms with Gasteiger partial charge in [0.1, 0.15) is 0 Å². The van der Waals surface area contributed by atoms with Crippen LogP contribution in [0.5, 0.6) is 0 Å². The van der Waals surface area contributed by atoms with Crippen LogP contribution >= 0.6 is 43.2 Å². The number of hydrogen-bond acceptors (Lipinski definition) is 4. The number of amides is 1. The van der Waals surface area contributed by atoms with Crippen LogP contribution < -0.4 is 0 Å². The Morgan fingerprint density at radius 3 is 2.63 bits per heavy atom. The van der Waals surface area contributed by atoms with Crippen molar-refractivity contribution in [1.82, 2.24) is 4.90 Å². The first-order chi connectivity index (χ1) is 8.84. The second kappa shape index (κ2) is 5.83. The molecule has 19 heavy (non-hydrogen) atoms. The van der Waals surface area contributed by atoms with Gasteiger partial charge in [-0.05, 0) is 51.3 Å².